The first-order chi connectivity index (χ1) is 27.4. The summed E-state index contributed by atoms with van der Waals surface area (Å²) >= 11 is 12.8. The van der Waals surface area contributed by atoms with E-state index >= 15 is 0 Å². The lowest BCUT2D eigenvalue weighted by Crippen LogP contribution is -2.50. The molecular weight excluding hydrogens is 751 g/mol. The summed E-state index contributed by atoms with van der Waals surface area (Å²) < 4.78 is 12.4. The van der Waals surface area contributed by atoms with Crippen molar-refractivity contribution in [2.24, 2.45) is 0 Å². The molecule has 284 valence electrons. The van der Waals surface area contributed by atoms with Gasteiger partial charge in [-0.05, 0) is 59.7 Å². The molecule has 56 heavy (non-hydrogen) atoms. The average molecular weight is 790 g/mol. The number of pyridine rings is 4. The van der Waals surface area contributed by atoms with Crippen molar-refractivity contribution in [3.05, 3.63) is 107 Å². The third kappa shape index (κ3) is 7.09. The Balaban J connectivity index is 0.000000146. The van der Waals surface area contributed by atoms with Gasteiger partial charge in [-0.25, -0.2) is 0 Å². The number of nitrogens with one attached hydrogen (secondary N) is 2. The van der Waals surface area contributed by atoms with Crippen LogP contribution in [-0.2, 0) is 22.4 Å². The van der Waals surface area contributed by atoms with Crippen LogP contribution in [0.25, 0.3) is 44.1 Å². The molecule has 0 unspecified atom stereocenters. The van der Waals surface area contributed by atoms with Crippen molar-refractivity contribution >= 4 is 56.8 Å². The van der Waals surface area contributed by atoms with Crippen LogP contribution in [0.5, 0.6) is 11.5 Å². The first-order valence-corrected chi connectivity index (χ1v) is 19.5. The second kappa shape index (κ2) is 15.6. The van der Waals surface area contributed by atoms with Crippen molar-refractivity contribution in [1.29, 1.82) is 0 Å². The Morgan fingerprint density at radius 1 is 0.589 bits per heavy atom. The molecule has 2 atom stereocenters. The Hall–Kier alpha value is -5.40. The molecule has 2 N–H and O–H groups in total. The SMILES string of the molecule is O=C([C@@H]1Cc2cc(Cl)cc(-c3ccnc4ccncc34)c2O1)N1CCNCC1.O=C([C@H]1Cc2cc(Cl)cc(-c3ccnc4ccncc34)c2O1)N1CCNCC1. The largest absolute Gasteiger partial charge is 0.479 e. The van der Waals surface area contributed by atoms with E-state index in [-0.39, 0.29) is 11.8 Å². The van der Waals surface area contributed by atoms with E-state index in [1.54, 1.807) is 37.2 Å². The fourth-order valence-electron chi connectivity index (χ4n) is 7.95. The summed E-state index contributed by atoms with van der Waals surface area (Å²) in [5.74, 6) is 1.55. The molecule has 4 aromatic heterocycles. The second-order valence-corrected chi connectivity index (χ2v) is 15.0. The van der Waals surface area contributed by atoms with E-state index < -0.39 is 12.2 Å². The van der Waals surface area contributed by atoms with Crippen molar-refractivity contribution < 1.29 is 19.1 Å². The number of rotatable bonds is 4. The fourth-order valence-corrected chi connectivity index (χ4v) is 8.43. The zero-order chi connectivity index (χ0) is 38.2. The molecule has 0 radical (unpaired) electrons. The summed E-state index contributed by atoms with van der Waals surface area (Å²) in [7, 11) is 0. The third-order valence-corrected chi connectivity index (χ3v) is 11.1. The predicted octanol–water partition coefficient (Wildman–Crippen LogP) is 5.37. The Morgan fingerprint density at radius 3 is 1.45 bits per heavy atom. The lowest BCUT2D eigenvalue weighted by molar-refractivity contribution is -0.139. The topological polar surface area (TPSA) is 135 Å². The Bertz CT molecular complexity index is 2290. The Kier molecular flexibility index (Phi) is 10.1. The summed E-state index contributed by atoms with van der Waals surface area (Å²) in [6.07, 6.45) is 10.6. The minimum Gasteiger partial charge on any atom is -0.479 e. The van der Waals surface area contributed by atoms with Crippen molar-refractivity contribution in [3.8, 4) is 33.8 Å². The first kappa shape index (κ1) is 36.3. The summed E-state index contributed by atoms with van der Waals surface area (Å²) in [6, 6.07) is 15.2. The quantitative estimate of drug-likeness (QED) is 0.240. The molecule has 6 aromatic rings. The number of carbonyl (C=O) groups excluding carboxylic acids is 2. The van der Waals surface area contributed by atoms with Gasteiger partial charge in [-0.2, -0.15) is 0 Å². The molecule has 4 aliphatic rings. The Labute approximate surface area is 333 Å². The van der Waals surface area contributed by atoms with E-state index in [0.29, 0.717) is 49.1 Å². The molecule has 0 saturated carbocycles. The molecule has 0 bridgehead atoms. The maximum Gasteiger partial charge on any atom is 0.264 e. The van der Waals surface area contributed by atoms with Gasteiger partial charge in [0.1, 0.15) is 11.5 Å². The van der Waals surface area contributed by atoms with Gasteiger partial charge >= 0.3 is 0 Å². The number of carbonyl (C=O) groups is 2. The molecule has 4 aliphatic heterocycles. The van der Waals surface area contributed by atoms with Crippen LogP contribution in [-0.4, -0.2) is 106 Å². The van der Waals surface area contributed by atoms with E-state index in [2.05, 4.69) is 30.6 Å². The summed E-state index contributed by atoms with van der Waals surface area (Å²) in [5, 5.41) is 9.64. The van der Waals surface area contributed by atoms with Crippen molar-refractivity contribution in [3.63, 3.8) is 0 Å². The second-order valence-electron chi connectivity index (χ2n) is 14.2. The molecular formula is C42H38Cl2N8O4. The highest BCUT2D eigenvalue weighted by Crippen LogP contribution is 2.44. The van der Waals surface area contributed by atoms with E-state index in [0.717, 1.165) is 92.9 Å². The minimum absolute atomic E-state index is 0.0426. The van der Waals surface area contributed by atoms with Gasteiger partial charge in [0.15, 0.2) is 12.2 Å². The zero-order valence-corrected chi connectivity index (χ0v) is 31.9. The predicted molar refractivity (Wildman–Crippen MR) is 215 cm³/mol. The van der Waals surface area contributed by atoms with E-state index in [9.17, 15) is 9.59 Å². The number of hydrogen-bond acceptors (Lipinski definition) is 10. The molecule has 0 spiro atoms. The monoisotopic (exact) mass is 788 g/mol. The van der Waals surface area contributed by atoms with Crippen LogP contribution in [0.3, 0.4) is 0 Å². The fraction of sp³-hybridized carbons (Fsp3) is 0.286. The van der Waals surface area contributed by atoms with Crippen molar-refractivity contribution in [2.75, 3.05) is 52.4 Å². The number of piperazine rings is 2. The highest BCUT2D eigenvalue weighted by molar-refractivity contribution is 6.31. The van der Waals surface area contributed by atoms with Gasteiger partial charge in [0.25, 0.3) is 11.8 Å². The van der Waals surface area contributed by atoms with Crippen LogP contribution in [0.2, 0.25) is 10.0 Å². The maximum atomic E-state index is 12.9. The van der Waals surface area contributed by atoms with Gasteiger partial charge in [0.2, 0.25) is 0 Å². The standard InChI is InChI=1S/2C21H19ClN4O2/c2*22-14-9-13-10-19(21(27)26-7-5-23-6-8-26)28-20(13)16(11-14)15-1-4-25-18-2-3-24-12-17(15)18/h2*1-4,9,11-12,19,23H,5-8,10H2/t2*19-/m10/s1. The zero-order valence-electron chi connectivity index (χ0n) is 30.4. The van der Waals surface area contributed by atoms with Gasteiger partial charge in [0, 0.05) is 145 Å². The summed E-state index contributed by atoms with van der Waals surface area (Å²) in [6.45, 7) is 6.12. The van der Waals surface area contributed by atoms with Gasteiger partial charge in [0.05, 0.1) is 11.0 Å². The Morgan fingerprint density at radius 2 is 1.02 bits per heavy atom. The van der Waals surface area contributed by atoms with Crippen molar-refractivity contribution in [2.45, 2.75) is 25.0 Å². The highest BCUT2D eigenvalue weighted by Gasteiger charge is 2.36. The number of ether oxygens (including phenoxy) is 2. The number of hydrogen-bond donors (Lipinski definition) is 2. The lowest BCUT2D eigenvalue weighted by atomic mass is 9.98. The summed E-state index contributed by atoms with van der Waals surface area (Å²) in [4.78, 5) is 46.9. The normalized spacial score (nSPS) is 18.8. The average Bonchev–Trinajstić information content (AvgIpc) is 3.88. The molecule has 2 saturated heterocycles. The molecule has 8 heterocycles. The number of halogens is 2. The molecule has 2 amide bonds. The molecule has 2 aromatic carbocycles. The molecule has 2 fully saturated rings. The number of benzene rings is 2. The van der Waals surface area contributed by atoms with Crippen LogP contribution in [0, 0.1) is 0 Å². The number of nitrogens with zero attached hydrogens (tertiary/aromatic N) is 6. The number of fused-ring (bicyclic) bond motifs is 4. The molecule has 10 rings (SSSR count). The van der Waals surface area contributed by atoms with Gasteiger partial charge < -0.3 is 29.9 Å². The smallest absolute Gasteiger partial charge is 0.264 e. The van der Waals surface area contributed by atoms with Crippen LogP contribution >= 0.6 is 23.2 Å². The summed E-state index contributed by atoms with van der Waals surface area (Å²) in [5.41, 5.74) is 7.28. The van der Waals surface area contributed by atoms with Crippen LogP contribution in [0.1, 0.15) is 11.1 Å². The van der Waals surface area contributed by atoms with Crippen LogP contribution in [0.4, 0.5) is 0 Å². The van der Waals surface area contributed by atoms with Crippen LogP contribution < -0.4 is 20.1 Å². The van der Waals surface area contributed by atoms with Gasteiger partial charge in [-0.1, -0.05) is 23.2 Å². The molecule has 0 aliphatic carbocycles. The van der Waals surface area contributed by atoms with E-state index in [4.69, 9.17) is 32.7 Å². The maximum absolute atomic E-state index is 12.9. The van der Waals surface area contributed by atoms with Crippen molar-refractivity contribution in [1.82, 2.24) is 40.4 Å². The highest BCUT2D eigenvalue weighted by atomic mass is 35.5. The van der Waals surface area contributed by atoms with Gasteiger partial charge in [-0.15, -0.1) is 0 Å². The van der Waals surface area contributed by atoms with Crippen LogP contribution in [0.15, 0.2) is 85.7 Å². The molecule has 14 heteroatoms. The minimum atomic E-state index is -0.503. The first-order valence-electron chi connectivity index (χ1n) is 18.8. The number of aromatic nitrogens is 4. The number of amides is 2. The van der Waals surface area contributed by atoms with E-state index in [1.165, 1.54) is 0 Å². The van der Waals surface area contributed by atoms with Gasteiger partial charge in [-0.3, -0.25) is 29.5 Å². The third-order valence-electron chi connectivity index (χ3n) is 10.7. The lowest BCUT2D eigenvalue weighted by Gasteiger charge is -2.29. The molecule has 12 nitrogen and oxygen atoms in total. The van der Waals surface area contributed by atoms with E-state index in [1.807, 2.05) is 58.3 Å².